The van der Waals surface area contributed by atoms with Gasteiger partial charge in [-0.1, -0.05) is 22.0 Å². The van der Waals surface area contributed by atoms with Crippen molar-refractivity contribution in [3.05, 3.63) is 39.9 Å². The van der Waals surface area contributed by atoms with Gasteiger partial charge in [0.1, 0.15) is 12.5 Å². The molecule has 0 aliphatic carbocycles. The van der Waals surface area contributed by atoms with E-state index < -0.39 is 6.67 Å². The fraction of sp³-hybridized carbons (Fsp3) is 0.200. The van der Waals surface area contributed by atoms with Gasteiger partial charge in [-0.15, -0.1) is 0 Å². The van der Waals surface area contributed by atoms with Crippen molar-refractivity contribution in [3.8, 4) is 0 Å². The molecule has 0 saturated heterocycles. The lowest BCUT2D eigenvalue weighted by atomic mass is 10.2. The molecular weight excluding hydrogens is 263 g/mol. The third-order valence-electron chi connectivity index (χ3n) is 2.10. The summed E-state index contributed by atoms with van der Waals surface area (Å²) in [5.41, 5.74) is 1.22. The Balaban J connectivity index is 2.74. The zero-order chi connectivity index (χ0) is 10.8. The van der Waals surface area contributed by atoms with E-state index >= 15 is 0 Å². The molecule has 2 rings (SSSR count). The summed E-state index contributed by atoms with van der Waals surface area (Å²) in [5.74, 6) is 0.0686. The summed E-state index contributed by atoms with van der Waals surface area (Å²) in [5, 5.41) is 1.16. The minimum atomic E-state index is -0.759. The second-order valence-corrected chi connectivity index (χ2v) is 3.69. The van der Waals surface area contributed by atoms with E-state index in [1.165, 1.54) is 0 Å². The highest BCUT2D eigenvalue weighted by atomic mass is 79.9. The van der Waals surface area contributed by atoms with Crippen LogP contribution in [0.25, 0.3) is 10.9 Å². The molecule has 0 bridgehead atoms. The topological polar surface area (TPSA) is 45.8 Å². The van der Waals surface area contributed by atoms with Crippen LogP contribution in [0.3, 0.4) is 0 Å². The van der Waals surface area contributed by atoms with Crippen LogP contribution in [-0.2, 0) is 12.0 Å². The standard InChI is InChI=1S/C10H8BrFN2O/c11-4-6-1-2-8-7(3-6)10(15)14-9(5-12)13-8/h1-3H,4-5H2,(H,13,14,15). The van der Waals surface area contributed by atoms with E-state index in [2.05, 4.69) is 25.9 Å². The number of aromatic nitrogens is 2. The van der Waals surface area contributed by atoms with Crippen molar-refractivity contribution in [1.82, 2.24) is 9.97 Å². The molecular formula is C10H8BrFN2O. The molecule has 15 heavy (non-hydrogen) atoms. The Morgan fingerprint density at radius 2 is 2.27 bits per heavy atom. The molecule has 0 radical (unpaired) electrons. The van der Waals surface area contributed by atoms with Gasteiger partial charge in [0, 0.05) is 5.33 Å². The number of nitrogens with zero attached hydrogens (tertiary/aromatic N) is 1. The first-order chi connectivity index (χ1) is 7.24. The van der Waals surface area contributed by atoms with Gasteiger partial charge < -0.3 is 4.98 Å². The van der Waals surface area contributed by atoms with Gasteiger partial charge in [0.25, 0.3) is 5.56 Å². The maximum absolute atomic E-state index is 12.3. The second kappa shape index (κ2) is 4.10. The van der Waals surface area contributed by atoms with Crippen LogP contribution in [0.15, 0.2) is 23.0 Å². The molecule has 0 saturated carbocycles. The van der Waals surface area contributed by atoms with Gasteiger partial charge in [-0.3, -0.25) is 4.79 Å². The number of benzene rings is 1. The number of fused-ring (bicyclic) bond motifs is 1. The summed E-state index contributed by atoms with van der Waals surface area (Å²) >= 11 is 3.30. The van der Waals surface area contributed by atoms with Crippen LogP contribution in [0.4, 0.5) is 4.39 Å². The molecule has 5 heteroatoms. The zero-order valence-corrected chi connectivity index (χ0v) is 9.34. The van der Waals surface area contributed by atoms with E-state index in [4.69, 9.17) is 0 Å². The number of alkyl halides is 2. The van der Waals surface area contributed by atoms with Crippen LogP contribution in [0, 0.1) is 0 Å². The largest absolute Gasteiger partial charge is 0.308 e. The van der Waals surface area contributed by atoms with E-state index in [0.29, 0.717) is 16.2 Å². The van der Waals surface area contributed by atoms with Crippen LogP contribution in [0.5, 0.6) is 0 Å². The average molecular weight is 271 g/mol. The first-order valence-electron chi connectivity index (χ1n) is 4.38. The molecule has 0 aliphatic rings. The fourth-order valence-electron chi connectivity index (χ4n) is 1.38. The Kier molecular flexibility index (Phi) is 2.81. The Morgan fingerprint density at radius 3 is 2.93 bits per heavy atom. The molecule has 0 aliphatic heterocycles. The summed E-state index contributed by atoms with van der Waals surface area (Å²) in [7, 11) is 0. The van der Waals surface area contributed by atoms with E-state index in [1.54, 1.807) is 12.1 Å². The summed E-state index contributed by atoms with van der Waals surface area (Å²) in [6, 6.07) is 5.32. The maximum Gasteiger partial charge on any atom is 0.258 e. The lowest BCUT2D eigenvalue weighted by Gasteiger charge is -2.01. The number of aromatic amines is 1. The van der Waals surface area contributed by atoms with Crippen molar-refractivity contribution in [2.45, 2.75) is 12.0 Å². The van der Waals surface area contributed by atoms with Crippen molar-refractivity contribution < 1.29 is 4.39 Å². The third-order valence-corrected chi connectivity index (χ3v) is 2.75. The minimum Gasteiger partial charge on any atom is -0.308 e. The minimum absolute atomic E-state index is 0.0686. The van der Waals surface area contributed by atoms with Crippen molar-refractivity contribution in [2.24, 2.45) is 0 Å². The molecule has 0 amide bonds. The third kappa shape index (κ3) is 1.92. The number of halogens is 2. The molecule has 1 aromatic carbocycles. The Hall–Kier alpha value is -1.23. The molecule has 0 atom stereocenters. The summed E-state index contributed by atoms with van der Waals surface area (Å²) in [4.78, 5) is 17.9. The van der Waals surface area contributed by atoms with Gasteiger partial charge in [0.15, 0.2) is 0 Å². The predicted octanol–water partition coefficient (Wildman–Crippen LogP) is 2.29. The monoisotopic (exact) mass is 270 g/mol. The molecule has 2 aromatic rings. The van der Waals surface area contributed by atoms with E-state index in [-0.39, 0.29) is 11.4 Å². The molecule has 1 heterocycles. The molecule has 1 N–H and O–H groups in total. The Morgan fingerprint density at radius 1 is 1.47 bits per heavy atom. The van der Waals surface area contributed by atoms with Gasteiger partial charge in [0.05, 0.1) is 10.9 Å². The molecule has 0 spiro atoms. The molecule has 0 fully saturated rings. The van der Waals surface area contributed by atoms with Crippen molar-refractivity contribution in [3.63, 3.8) is 0 Å². The van der Waals surface area contributed by atoms with Crippen LogP contribution in [0.1, 0.15) is 11.4 Å². The van der Waals surface area contributed by atoms with Gasteiger partial charge in [0.2, 0.25) is 0 Å². The van der Waals surface area contributed by atoms with E-state index in [0.717, 1.165) is 5.56 Å². The van der Waals surface area contributed by atoms with Crippen LogP contribution < -0.4 is 5.56 Å². The average Bonchev–Trinajstić information content (AvgIpc) is 2.28. The van der Waals surface area contributed by atoms with Crippen molar-refractivity contribution >= 4 is 26.8 Å². The summed E-state index contributed by atoms with van der Waals surface area (Å²) < 4.78 is 12.3. The van der Waals surface area contributed by atoms with Gasteiger partial charge >= 0.3 is 0 Å². The highest BCUT2D eigenvalue weighted by Crippen LogP contribution is 2.12. The Labute approximate surface area is 93.5 Å². The van der Waals surface area contributed by atoms with Gasteiger partial charge in [-0.05, 0) is 17.7 Å². The molecule has 1 aromatic heterocycles. The quantitative estimate of drug-likeness (QED) is 0.852. The van der Waals surface area contributed by atoms with Crippen molar-refractivity contribution in [1.29, 1.82) is 0 Å². The molecule has 0 unspecified atom stereocenters. The Bertz CT molecular complexity index is 553. The number of H-pyrrole nitrogens is 1. The summed E-state index contributed by atoms with van der Waals surface area (Å²) in [6.07, 6.45) is 0. The lowest BCUT2D eigenvalue weighted by molar-refractivity contribution is 0.466. The second-order valence-electron chi connectivity index (χ2n) is 3.13. The zero-order valence-electron chi connectivity index (χ0n) is 7.76. The molecule has 78 valence electrons. The lowest BCUT2D eigenvalue weighted by Crippen LogP contribution is -2.11. The fourth-order valence-corrected chi connectivity index (χ4v) is 1.73. The normalized spacial score (nSPS) is 10.8. The van der Waals surface area contributed by atoms with Gasteiger partial charge in [-0.25, -0.2) is 9.37 Å². The smallest absolute Gasteiger partial charge is 0.258 e. The number of nitrogens with one attached hydrogen (secondary N) is 1. The highest BCUT2D eigenvalue weighted by molar-refractivity contribution is 9.08. The van der Waals surface area contributed by atoms with Crippen LogP contribution in [-0.4, -0.2) is 9.97 Å². The first kappa shape index (κ1) is 10.3. The van der Waals surface area contributed by atoms with Gasteiger partial charge in [-0.2, -0.15) is 0 Å². The maximum atomic E-state index is 12.3. The molecule has 3 nitrogen and oxygen atoms in total. The van der Waals surface area contributed by atoms with Crippen LogP contribution >= 0.6 is 15.9 Å². The number of rotatable bonds is 2. The van der Waals surface area contributed by atoms with Crippen LogP contribution in [0.2, 0.25) is 0 Å². The SMILES string of the molecule is O=c1[nH]c(CF)nc2ccc(CBr)cc12. The number of hydrogen-bond acceptors (Lipinski definition) is 2. The number of hydrogen-bond donors (Lipinski definition) is 1. The summed E-state index contributed by atoms with van der Waals surface area (Å²) in [6.45, 7) is -0.759. The van der Waals surface area contributed by atoms with E-state index in [9.17, 15) is 9.18 Å². The highest BCUT2D eigenvalue weighted by Gasteiger charge is 2.04. The predicted molar refractivity (Wildman–Crippen MR) is 59.8 cm³/mol. The first-order valence-corrected chi connectivity index (χ1v) is 5.50. The van der Waals surface area contributed by atoms with E-state index in [1.807, 2.05) is 6.07 Å². The van der Waals surface area contributed by atoms with Crippen molar-refractivity contribution in [2.75, 3.05) is 0 Å².